The molecule has 0 amide bonds. The number of hydrogen-bond acceptors (Lipinski definition) is 5. The predicted molar refractivity (Wildman–Crippen MR) is 70.8 cm³/mol. The Morgan fingerprint density at radius 2 is 2.21 bits per heavy atom. The molecule has 0 bridgehead atoms. The van der Waals surface area contributed by atoms with Gasteiger partial charge in [0.2, 0.25) is 0 Å². The second-order valence-corrected chi connectivity index (χ2v) is 4.14. The molecule has 3 aromatic rings. The molecule has 0 radical (unpaired) electrons. The topological polar surface area (TPSA) is 76.6 Å². The normalized spacial score (nSPS) is 10.8. The van der Waals surface area contributed by atoms with E-state index in [2.05, 4.69) is 32.5 Å². The van der Waals surface area contributed by atoms with Gasteiger partial charge < -0.3 is 4.74 Å². The Balaban J connectivity index is 2.37. The number of rotatable bonds is 3. The fourth-order valence-corrected chi connectivity index (χ4v) is 2.16. The number of nitrogens with one attached hydrogen (secondary N) is 1. The lowest BCUT2D eigenvalue weighted by atomic mass is 10.0. The van der Waals surface area contributed by atoms with Crippen LogP contribution in [-0.4, -0.2) is 32.7 Å². The molecule has 6 heteroatoms. The highest BCUT2D eigenvalue weighted by Gasteiger charge is 2.12. The van der Waals surface area contributed by atoms with Crippen LogP contribution in [0.2, 0.25) is 0 Å². The largest absolute Gasteiger partial charge is 0.497 e. The van der Waals surface area contributed by atoms with Crippen molar-refractivity contribution in [3.8, 4) is 17.1 Å². The molecule has 6 nitrogen and oxygen atoms in total. The minimum Gasteiger partial charge on any atom is -0.497 e. The van der Waals surface area contributed by atoms with E-state index in [1.165, 1.54) is 5.56 Å². The van der Waals surface area contributed by atoms with E-state index < -0.39 is 0 Å². The summed E-state index contributed by atoms with van der Waals surface area (Å²) in [5.41, 5.74) is 2.94. The average molecular weight is 255 g/mol. The van der Waals surface area contributed by atoms with Crippen LogP contribution in [0.4, 0.5) is 0 Å². The van der Waals surface area contributed by atoms with Gasteiger partial charge in [-0.1, -0.05) is 6.92 Å². The summed E-state index contributed by atoms with van der Waals surface area (Å²) < 4.78 is 5.35. The van der Waals surface area contributed by atoms with E-state index >= 15 is 0 Å². The van der Waals surface area contributed by atoms with Crippen LogP contribution >= 0.6 is 0 Å². The quantitative estimate of drug-likeness (QED) is 0.774. The number of aryl methyl sites for hydroxylation is 1. The summed E-state index contributed by atoms with van der Waals surface area (Å²) in [5.74, 6) is 1.35. The molecule has 0 aliphatic carbocycles. The molecule has 0 aliphatic rings. The van der Waals surface area contributed by atoms with Crippen LogP contribution in [0.5, 0.6) is 5.75 Å². The number of pyridine rings is 1. The lowest BCUT2D eigenvalue weighted by molar-refractivity contribution is 0.415. The van der Waals surface area contributed by atoms with Gasteiger partial charge in [0.25, 0.3) is 0 Å². The van der Waals surface area contributed by atoms with Gasteiger partial charge in [-0.15, -0.1) is 5.10 Å². The highest BCUT2D eigenvalue weighted by atomic mass is 16.5. The molecule has 0 unspecified atom stereocenters. The van der Waals surface area contributed by atoms with Crippen LogP contribution in [0.3, 0.4) is 0 Å². The van der Waals surface area contributed by atoms with Gasteiger partial charge in [0.05, 0.1) is 18.2 Å². The second-order valence-electron chi connectivity index (χ2n) is 4.14. The van der Waals surface area contributed by atoms with E-state index in [1.807, 2.05) is 18.2 Å². The number of H-pyrrole nitrogens is 1. The lowest BCUT2D eigenvalue weighted by Crippen LogP contribution is -1.93. The fraction of sp³-hybridized carbons (Fsp3) is 0.231. The van der Waals surface area contributed by atoms with Crippen molar-refractivity contribution in [2.24, 2.45) is 0 Å². The van der Waals surface area contributed by atoms with Gasteiger partial charge >= 0.3 is 0 Å². The fourth-order valence-electron chi connectivity index (χ4n) is 2.16. The van der Waals surface area contributed by atoms with E-state index in [1.54, 1.807) is 13.3 Å². The predicted octanol–water partition coefficient (Wildman–Crippen LogP) is 1.99. The summed E-state index contributed by atoms with van der Waals surface area (Å²) in [4.78, 5) is 4.45. The number of aromatic amines is 1. The van der Waals surface area contributed by atoms with Crippen molar-refractivity contribution >= 4 is 10.9 Å². The third-order valence-electron chi connectivity index (χ3n) is 3.13. The SMILES string of the molecule is CCc1ccnc2c(-c3nnn[nH]3)cc(OC)cc12. The molecule has 2 heterocycles. The summed E-state index contributed by atoms with van der Waals surface area (Å²) in [5, 5.41) is 15.0. The third-order valence-corrected chi connectivity index (χ3v) is 3.13. The number of fused-ring (bicyclic) bond motifs is 1. The summed E-state index contributed by atoms with van der Waals surface area (Å²) in [6, 6.07) is 5.90. The number of hydrogen-bond donors (Lipinski definition) is 1. The van der Waals surface area contributed by atoms with Crippen molar-refractivity contribution in [2.45, 2.75) is 13.3 Å². The standard InChI is InChI=1S/C13H13N5O/c1-3-8-4-5-14-12-10(8)6-9(19-2)7-11(12)13-15-17-18-16-13/h4-7H,3H2,1-2H3,(H,15,16,17,18). The van der Waals surface area contributed by atoms with Gasteiger partial charge in [0.1, 0.15) is 5.75 Å². The van der Waals surface area contributed by atoms with E-state index in [4.69, 9.17) is 4.74 Å². The second kappa shape index (κ2) is 4.64. The molecule has 0 spiro atoms. The van der Waals surface area contributed by atoms with E-state index in [0.717, 1.165) is 28.6 Å². The average Bonchev–Trinajstić information content (AvgIpc) is 2.99. The van der Waals surface area contributed by atoms with Crippen molar-refractivity contribution in [3.05, 3.63) is 30.0 Å². The van der Waals surface area contributed by atoms with Crippen molar-refractivity contribution in [1.29, 1.82) is 0 Å². The molecule has 19 heavy (non-hydrogen) atoms. The lowest BCUT2D eigenvalue weighted by Gasteiger charge is -2.09. The van der Waals surface area contributed by atoms with Crippen LogP contribution in [0, 0.1) is 0 Å². The van der Waals surface area contributed by atoms with Gasteiger partial charge in [-0.05, 0) is 40.6 Å². The van der Waals surface area contributed by atoms with E-state index in [-0.39, 0.29) is 0 Å². The number of ether oxygens (including phenoxy) is 1. The van der Waals surface area contributed by atoms with Crippen molar-refractivity contribution < 1.29 is 4.74 Å². The molecule has 1 N–H and O–H groups in total. The number of nitrogens with zero attached hydrogens (tertiary/aromatic N) is 4. The van der Waals surface area contributed by atoms with Crippen molar-refractivity contribution in [1.82, 2.24) is 25.6 Å². The minimum absolute atomic E-state index is 0.588. The molecule has 0 saturated heterocycles. The number of tetrazole rings is 1. The molecule has 3 rings (SSSR count). The van der Waals surface area contributed by atoms with Crippen LogP contribution in [-0.2, 0) is 6.42 Å². The molecule has 0 aliphatic heterocycles. The van der Waals surface area contributed by atoms with Gasteiger partial charge in [0.15, 0.2) is 5.82 Å². The zero-order valence-electron chi connectivity index (χ0n) is 10.7. The maximum Gasteiger partial charge on any atom is 0.181 e. The summed E-state index contributed by atoms with van der Waals surface area (Å²) >= 11 is 0. The smallest absolute Gasteiger partial charge is 0.181 e. The maximum absolute atomic E-state index is 5.35. The number of benzene rings is 1. The molecule has 2 aromatic heterocycles. The van der Waals surface area contributed by atoms with Crippen LogP contribution in [0.15, 0.2) is 24.4 Å². The van der Waals surface area contributed by atoms with Crippen LogP contribution in [0.1, 0.15) is 12.5 Å². The molecule has 1 aromatic carbocycles. The first-order valence-corrected chi connectivity index (χ1v) is 6.03. The minimum atomic E-state index is 0.588. The zero-order chi connectivity index (χ0) is 13.2. The molecular formula is C13H13N5O. The summed E-state index contributed by atoms with van der Waals surface area (Å²) in [6.45, 7) is 2.12. The molecule has 0 fully saturated rings. The highest BCUT2D eigenvalue weighted by Crippen LogP contribution is 2.31. The Bertz CT molecular complexity index is 708. The Morgan fingerprint density at radius 3 is 2.89 bits per heavy atom. The highest BCUT2D eigenvalue weighted by molar-refractivity contribution is 5.95. The molecule has 96 valence electrons. The Labute approximate surface area is 109 Å². The number of aromatic nitrogens is 5. The van der Waals surface area contributed by atoms with Crippen LogP contribution < -0.4 is 4.74 Å². The van der Waals surface area contributed by atoms with E-state index in [9.17, 15) is 0 Å². The number of methoxy groups -OCH3 is 1. The van der Waals surface area contributed by atoms with Crippen molar-refractivity contribution in [2.75, 3.05) is 7.11 Å². The zero-order valence-corrected chi connectivity index (χ0v) is 10.7. The van der Waals surface area contributed by atoms with Gasteiger partial charge in [0, 0.05) is 11.6 Å². The van der Waals surface area contributed by atoms with Gasteiger partial charge in [-0.25, -0.2) is 5.10 Å². The van der Waals surface area contributed by atoms with Gasteiger partial charge in [-0.3, -0.25) is 4.98 Å². The molecular weight excluding hydrogens is 242 g/mol. The van der Waals surface area contributed by atoms with Crippen LogP contribution in [0.25, 0.3) is 22.3 Å². The first kappa shape index (κ1) is 11.6. The van der Waals surface area contributed by atoms with Crippen molar-refractivity contribution in [3.63, 3.8) is 0 Å². The summed E-state index contributed by atoms with van der Waals surface area (Å²) in [6.07, 6.45) is 2.74. The third kappa shape index (κ3) is 1.91. The monoisotopic (exact) mass is 255 g/mol. The first-order valence-electron chi connectivity index (χ1n) is 6.03. The Hall–Kier alpha value is -2.50. The first-order chi connectivity index (χ1) is 9.33. The van der Waals surface area contributed by atoms with E-state index in [0.29, 0.717) is 5.82 Å². The Kier molecular flexibility index (Phi) is 2.83. The van der Waals surface area contributed by atoms with Gasteiger partial charge in [-0.2, -0.15) is 0 Å². The summed E-state index contributed by atoms with van der Waals surface area (Å²) in [7, 11) is 1.64. The molecule has 0 saturated carbocycles. The maximum atomic E-state index is 5.35. The molecule has 0 atom stereocenters. The Morgan fingerprint density at radius 1 is 1.32 bits per heavy atom.